The Morgan fingerprint density at radius 3 is 2.90 bits per heavy atom. The summed E-state index contributed by atoms with van der Waals surface area (Å²) in [4.78, 5) is 19.4. The van der Waals surface area contributed by atoms with E-state index in [2.05, 4.69) is 37.8 Å². The highest BCUT2D eigenvalue weighted by Crippen LogP contribution is 2.30. The summed E-state index contributed by atoms with van der Waals surface area (Å²) in [5.74, 6) is 2.64. The molecule has 2 atom stereocenters. The van der Waals surface area contributed by atoms with Crippen molar-refractivity contribution < 1.29 is 14.1 Å². The molecule has 0 N–H and O–H groups in total. The van der Waals surface area contributed by atoms with Crippen LogP contribution in [0.25, 0.3) is 11.4 Å². The van der Waals surface area contributed by atoms with Crippen LogP contribution in [-0.4, -0.2) is 41.1 Å². The predicted molar refractivity (Wildman–Crippen MR) is 113 cm³/mol. The van der Waals surface area contributed by atoms with Crippen molar-refractivity contribution in [3.8, 4) is 17.1 Å². The molecule has 0 radical (unpaired) electrons. The van der Waals surface area contributed by atoms with Crippen molar-refractivity contribution in [1.82, 2.24) is 15.0 Å². The van der Waals surface area contributed by atoms with Crippen molar-refractivity contribution in [2.45, 2.75) is 59.3 Å². The number of hydrogen-bond acceptors (Lipinski definition) is 5. The molecule has 0 saturated carbocycles. The maximum Gasteiger partial charge on any atom is 0.231 e. The first-order valence-corrected chi connectivity index (χ1v) is 10.5. The summed E-state index contributed by atoms with van der Waals surface area (Å²) in [5, 5.41) is 4.15. The van der Waals surface area contributed by atoms with Crippen molar-refractivity contribution in [3.05, 3.63) is 30.2 Å². The fourth-order valence-electron chi connectivity index (χ4n) is 4.23. The summed E-state index contributed by atoms with van der Waals surface area (Å²) in [7, 11) is 1.64. The lowest BCUT2D eigenvalue weighted by molar-refractivity contribution is -0.133. The number of carbonyl (C=O) groups is 1. The monoisotopic (exact) mass is 399 g/mol. The topological polar surface area (TPSA) is 68.5 Å². The number of aromatic nitrogens is 2. The normalized spacial score (nSPS) is 18.5. The second kappa shape index (κ2) is 8.97. The molecule has 0 bridgehead atoms. The molecule has 1 amide bonds. The summed E-state index contributed by atoms with van der Waals surface area (Å²) < 4.78 is 10.8. The highest BCUT2D eigenvalue weighted by Gasteiger charge is 2.29. The molecule has 1 aromatic heterocycles. The van der Waals surface area contributed by atoms with Crippen molar-refractivity contribution >= 4 is 5.91 Å². The molecule has 1 fully saturated rings. The van der Waals surface area contributed by atoms with Crippen LogP contribution >= 0.6 is 0 Å². The molecule has 158 valence electrons. The van der Waals surface area contributed by atoms with E-state index in [1.165, 1.54) is 0 Å². The van der Waals surface area contributed by atoms with Gasteiger partial charge in [0.15, 0.2) is 0 Å². The smallest absolute Gasteiger partial charge is 0.231 e. The van der Waals surface area contributed by atoms with E-state index in [1.54, 1.807) is 7.11 Å². The summed E-state index contributed by atoms with van der Waals surface area (Å²) in [6.07, 6.45) is 3.56. The maximum absolute atomic E-state index is 12.8. The summed E-state index contributed by atoms with van der Waals surface area (Å²) in [5.41, 5.74) is 1.10. The molecular weight excluding hydrogens is 366 g/mol. The Bertz CT molecular complexity index is 825. The van der Waals surface area contributed by atoms with E-state index in [4.69, 9.17) is 9.26 Å². The summed E-state index contributed by atoms with van der Waals surface area (Å²) in [6, 6.07) is 7.62. The van der Waals surface area contributed by atoms with Gasteiger partial charge < -0.3 is 14.2 Å². The van der Waals surface area contributed by atoms with Crippen LogP contribution in [0.3, 0.4) is 0 Å². The minimum absolute atomic E-state index is 0.0949. The quantitative estimate of drug-likeness (QED) is 0.690. The number of benzene rings is 1. The van der Waals surface area contributed by atoms with Gasteiger partial charge >= 0.3 is 0 Å². The number of amides is 1. The van der Waals surface area contributed by atoms with Gasteiger partial charge in [-0.25, -0.2) is 0 Å². The third-order valence-electron chi connectivity index (χ3n) is 5.38. The first kappa shape index (κ1) is 21.3. The number of ether oxygens (including phenoxy) is 1. The van der Waals surface area contributed by atoms with Gasteiger partial charge in [0.25, 0.3) is 0 Å². The van der Waals surface area contributed by atoms with Crippen molar-refractivity contribution in [2.24, 2.45) is 11.3 Å². The van der Waals surface area contributed by atoms with E-state index in [1.807, 2.05) is 29.2 Å². The Kier molecular flexibility index (Phi) is 6.60. The third kappa shape index (κ3) is 5.81. The van der Waals surface area contributed by atoms with Gasteiger partial charge in [0.05, 0.1) is 13.0 Å². The number of piperidine rings is 1. The lowest BCUT2D eigenvalue weighted by Crippen LogP contribution is -2.40. The zero-order valence-electron chi connectivity index (χ0n) is 18.3. The maximum atomic E-state index is 12.8. The van der Waals surface area contributed by atoms with E-state index < -0.39 is 0 Å². The predicted octanol–water partition coefficient (Wildman–Crippen LogP) is 4.91. The number of nitrogens with zero attached hydrogens (tertiary/aromatic N) is 3. The van der Waals surface area contributed by atoms with E-state index in [9.17, 15) is 4.79 Å². The second-order valence-corrected chi connectivity index (χ2v) is 9.44. The molecule has 1 aliphatic heterocycles. The zero-order chi connectivity index (χ0) is 21.0. The Hall–Kier alpha value is -2.37. The van der Waals surface area contributed by atoms with Gasteiger partial charge in [-0.05, 0) is 42.7 Å². The van der Waals surface area contributed by atoms with E-state index in [-0.39, 0.29) is 17.2 Å². The van der Waals surface area contributed by atoms with Crippen LogP contribution in [0.1, 0.15) is 65.2 Å². The minimum atomic E-state index is 0.0949. The number of methoxy groups -OCH3 is 1. The molecule has 0 aliphatic carbocycles. The number of rotatable bonds is 6. The summed E-state index contributed by atoms with van der Waals surface area (Å²) in [6.45, 7) is 10.3. The standard InChI is InChI=1S/C23H33N3O3/c1-16(14-23(2,3)4)12-20(27)26-11-7-9-18(15-26)22-24-21(25-29-22)17-8-6-10-19(13-17)28-5/h6,8,10,13,16,18H,7,9,11-12,14-15H2,1-5H3/t16-,18-/m0/s1. The molecule has 3 rings (SSSR count). The highest BCUT2D eigenvalue weighted by atomic mass is 16.5. The highest BCUT2D eigenvalue weighted by molar-refractivity contribution is 5.76. The van der Waals surface area contributed by atoms with Gasteiger partial charge in [-0.2, -0.15) is 4.98 Å². The number of hydrogen-bond donors (Lipinski definition) is 0. The summed E-state index contributed by atoms with van der Waals surface area (Å²) >= 11 is 0. The fraction of sp³-hybridized carbons (Fsp3) is 0.609. The van der Waals surface area contributed by atoms with Gasteiger partial charge in [-0.15, -0.1) is 0 Å². The minimum Gasteiger partial charge on any atom is -0.497 e. The average molecular weight is 400 g/mol. The number of carbonyl (C=O) groups excluding carboxylic acids is 1. The molecule has 2 heterocycles. The van der Waals surface area contributed by atoms with Gasteiger partial charge in [-0.3, -0.25) is 4.79 Å². The molecule has 6 heteroatoms. The van der Waals surface area contributed by atoms with Crippen LogP contribution in [0.2, 0.25) is 0 Å². The molecule has 1 aromatic carbocycles. The van der Waals surface area contributed by atoms with Crippen molar-refractivity contribution in [3.63, 3.8) is 0 Å². The molecule has 1 saturated heterocycles. The zero-order valence-corrected chi connectivity index (χ0v) is 18.3. The molecular formula is C23H33N3O3. The van der Waals surface area contributed by atoms with Gasteiger partial charge in [-0.1, -0.05) is 45.0 Å². The largest absolute Gasteiger partial charge is 0.497 e. The lowest BCUT2D eigenvalue weighted by atomic mass is 9.84. The number of likely N-dealkylation sites (tertiary alicyclic amines) is 1. The Labute approximate surface area is 173 Å². The Morgan fingerprint density at radius 2 is 2.17 bits per heavy atom. The van der Waals surface area contributed by atoms with Crippen molar-refractivity contribution in [2.75, 3.05) is 20.2 Å². The Morgan fingerprint density at radius 1 is 1.38 bits per heavy atom. The van der Waals surface area contributed by atoms with E-state index in [0.717, 1.165) is 37.1 Å². The fourth-order valence-corrected chi connectivity index (χ4v) is 4.23. The van der Waals surface area contributed by atoms with Crippen molar-refractivity contribution in [1.29, 1.82) is 0 Å². The molecule has 2 aromatic rings. The second-order valence-electron chi connectivity index (χ2n) is 9.44. The molecule has 0 unspecified atom stereocenters. The van der Waals surface area contributed by atoms with Gasteiger partial charge in [0.2, 0.25) is 17.6 Å². The van der Waals surface area contributed by atoms with Crippen LogP contribution < -0.4 is 4.74 Å². The Balaban J connectivity index is 1.63. The van der Waals surface area contributed by atoms with E-state index >= 15 is 0 Å². The first-order chi connectivity index (χ1) is 13.7. The van der Waals surface area contributed by atoms with Gasteiger partial charge in [0, 0.05) is 25.1 Å². The van der Waals surface area contributed by atoms with Gasteiger partial charge in [0.1, 0.15) is 5.75 Å². The first-order valence-electron chi connectivity index (χ1n) is 10.5. The SMILES string of the molecule is COc1cccc(-c2noc([C@H]3CCCN(C(=O)C[C@H](C)CC(C)(C)C)C3)n2)c1. The van der Waals surface area contributed by atoms with Crippen LogP contribution in [-0.2, 0) is 4.79 Å². The average Bonchev–Trinajstić information content (AvgIpc) is 3.17. The van der Waals surface area contributed by atoms with Crippen LogP contribution in [0.4, 0.5) is 0 Å². The molecule has 29 heavy (non-hydrogen) atoms. The molecule has 1 aliphatic rings. The van der Waals surface area contributed by atoms with Crippen LogP contribution in [0.5, 0.6) is 5.75 Å². The van der Waals surface area contributed by atoms with E-state index in [0.29, 0.717) is 30.6 Å². The van der Waals surface area contributed by atoms with Crippen LogP contribution in [0, 0.1) is 11.3 Å². The molecule has 0 spiro atoms. The lowest BCUT2D eigenvalue weighted by Gasteiger charge is -2.32. The molecule has 6 nitrogen and oxygen atoms in total. The van der Waals surface area contributed by atoms with Crippen LogP contribution in [0.15, 0.2) is 28.8 Å². The third-order valence-corrected chi connectivity index (χ3v) is 5.38.